The molecule has 0 bridgehead atoms. The minimum absolute atomic E-state index is 0.153. The quantitative estimate of drug-likeness (QED) is 0.427. The molecule has 2 N–H and O–H groups in total. The molecule has 1 unspecified atom stereocenters. The monoisotopic (exact) mass is 480 g/mol. The van der Waals surface area contributed by atoms with E-state index in [1.54, 1.807) is 61.7 Å². The molecule has 2 amide bonds. The molecule has 0 spiro atoms. The Morgan fingerprint density at radius 2 is 1.59 bits per heavy atom. The Morgan fingerprint density at radius 1 is 0.912 bits per heavy atom. The summed E-state index contributed by atoms with van der Waals surface area (Å²) in [6, 6.07) is 22.3. The van der Waals surface area contributed by atoms with E-state index < -0.39 is 30.4 Å². The van der Waals surface area contributed by atoms with Crippen molar-refractivity contribution >= 4 is 29.4 Å². The molecule has 0 aromatic heterocycles. The van der Waals surface area contributed by atoms with Crippen LogP contribution in [0, 0.1) is 0 Å². The van der Waals surface area contributed by atoms with Gasteiger partial charge in [-0.3, -0.25) is 14.4 Å². The molecule has 3 aromatic carbocycles. The second kappa shape index (κ2) is 12.4. The lowest BCUT2D eigenvalue weighted by Gasteiger charge is -2.19. The molecular weight excluding hydrogens is 456 g/mol. The third kappa shape index (κ3) is 7.08. The highest BCUT2D eigenvalue weighted by Crippen LogP contribution is 2.21. The lowest BCUT2D eigenvalue weighted by Crippen LogP contribution is -2.32. The first kappa shape index (κ1) is 24.8. The fourth-order valence-corrected chi connectivity index (χ4v) is 3.51. The first-order chi connectivity index (χ1) is 16.5. The lowest BCUT2D eigenvalue weighted by molar-refractivity contribution is -0.149. The summed E-state index contributed by atoms with van der Waals surface area (Å²) in [7, 11) is 1.55. The van der Waals surface area contributed by atoms with Crippen LogP contribution in [0.15, 0.2) is 78.9 Å². The largest absolute Gasteiger partial charge is 0.496 e. The SMILES string of the molecule is COc1ccccc1CNC(=O)COC(=O)CC(NC(=O)c1ccccc1Cl)c1ccccc1. The highest BCUT2D eigenvalue weighted by molar-refractivity contribution is 6.33. The fourth-order valence-electron chi connectivity index (χ4n) is 3.28. The van der Waals surface area contributed by atoms with E-state index >= 15 is 0 Å². The molecule has 3 rings (SSSR count). The van der Waals surface area contributed by atoms with E-state index in [2.05, 4.69) is 10.6 Å². The summed E-state index contributed by atoms with van der Waals surface area (Å²) in [5.74, 6) is -0.835. The highest BCUT2D eigenvalue weighted by Gasteiger charge is 2.21. The number of para-hydroxylation sites is 1. The number of carbonyl (C=O) groups is 3. The average molecular weight is 481 g/mol. The molecule has 0 saturated carbocycles. The normalized spacial score (nSPS) is 11.2. The standard InChI is InChI=1S/C26H25ClN2O5/c1-33-23-14-8-5-11-19(23)16-28-24(30)17-34-25(31)15-22(18-9-3-2-4-10-18)29-26(32)20-12-6-7-13-21(20)27/h2-14,22H,15-17H2,1H3,(H,28,30)(H,29,32). The van der Waals surface area contributed by atoms with Gasteiger partial charge in [0.15, 0.2) is 6.61 Å². The van der Waals surface area contributed by atoms with Crippen molar-refractivity contribution in [3.8, 4) is 5.75 Å². The van der Waals surface area contributed by atoms with E-state index in [4.69, 9.17) is 21.1 Å². The van der Waals surface area contributed by atoms with Gasteiger partial charge in [0.1, 0.15) is 5.75 Å². The van der Waals surface area contributed by atoms with Crippen LogP contribution in [-0.4, -0.2) is 31.5 Å². The van der Waals surface area contributed by atoms with Gasteiger partial charge >= 0.3 is 5.97 Å². The van der Waals surface area contributed by atoms with Gasteiger partial charge in [0.05, 0.1) is 30.2 Å². The number of halogens is 1. The summed E-state index contributed by atoms with van der Waals surface area (Å²) in [5.41, 5.74) is 1.82. The highest BCUT2D eigenvalue weighted by atomic mass is 35.5. The molecular formula is C26H25ClN2O5. The number of hydrogen-bond donors (Lipinski definition) is 2. The third-order valence-corrected chi connectivity index (χ3v) is 5.36. The molecule has 0 radical (unpaired) electrons. The Balaban J connectivity index is 1.57. The Morgan fingerprint density at radius 3 is 2.32 bits per heavy atom. The Labute approximate surface area is 203 Å². The van der Waals surface area contributed by atoms with Gasteiger partial charge in [0, 0.05) is 12.1 Å². The zero-order chi connectivity index (χ0) is 24.3. The summed E-state index contributed by atoms with van der Waals surface area (Å²) in [6.07, 6.45) is -0.153. The molecule has 8 heteroatoms. The van der Waals surface area contributed by atoms with E-state index in [9.17, 15) is 14.4 Å². The smallest absolute Gasteiger partial charge is 0.308 e. The molecule has 7 nitrogen and oxygen atoms in total. The number of ether oxygens (including phenoxy) is 2. The molecule has 0 aliphatic heterocycles. The van der Waals surface area contributed by atoms with Gasteiger partial charge < -0.3 is 20.1 Å². The predicted octanol–water partition coefficient (Wildman–Crippen LogP) is 4.07. The number of amides is 2. The van der Waals surface area contributed by atoms with Crippen molar-refractivity contribution in [3.05, 3.63) is 101 Å². The van der Waals surface area contributed by atoms with Crippen molar-refractivity contribution in [1.82, 2.24) is 10.6 Å². The summed E-state index contributed by atoms with van der Waals surface area (Å²) in [6.45, 7) is -0.200. The zero-order valence-corrected chi connectivity index (χ0v) is 19.4. The molecule has 0 heterocycles. The fraction of sp³-hybridized carbons (Fsp3) is 0.192. The average Bonchev–Trinajstić information content (AvgIpc) is 2.86. The van der Waals surface area contributed by atoms with Crippen LogP contribution >= 0.6 is 11.6 Å². The molecule has 0 aliphatic rings. The number of carbonyl (C=O) groups excluding carboxylic acids is 3. The Bertz CT molecular complexity index is 1140. The molecule has 34 heavy (non-hydrogen) atoms. The van der Waals surface area contributed by atoms with Gasteiger partial charge in [0.2, 0.25) is 0 Å². The van der Waals surface area contributed by atoms with E-state index in [1.807, 2.05) is 24.3 Å². The third-order valence-electron chi connectivity index (χ3n) is 5.03. The number of benzene rings is 3. The van der Waals surface area contributed by atoms with Crippen molar-refractivity contribution in [2.24, 2.45) is 0 Å². The maximum atomic E-state index is 12.7. The maximum Gasteiger partial charge on any atom is 0.308 e. The number of nitrogens with one attached hydrogen (secondary N) is 2. The van der Waals surface area contributed by atoms with Crippen LogP contribution in [0.5, 0.6) is 5.75 Å². The summed E-state index contributed by atoms with van der Waals surface area (Å²) in [5, 5.41) is 5.83. The van der Waals surface area contributed by atoms with Crippen molar-refractivity contribution < 1.29 is 23.9 Å². The van der Waals surface area contributed by atoms with Crippen LogP contribution in [0.3, 0.4) is 0 Å². The Hall–Kier alpha value is -3.84. The molecule has 3 aromatic rings. The lowest BCUT2D eigenvalue weighted by atomic mass is 10.0. The van der Waals surface area contributed by atoms with Crippen molar-refractivity contribution in [3.63, 3.8) is 0 Å². The second-order valence-electron chi connectivity index (χ2n) is 7.37. The second-order valence-corrected chi connectivity index (χ2v) is 7.78. The van der Waals surface area contributed by atoms with Crippen LogP contribution in [0.1, 0.15) is 33.9 Å². The minimum Gasteiger partial charge on any atom is -0.496 e. The van der Waals surface area contributed by atoms with Crippen LogP contribution in [0.4, 0.5) is 0 Å². The molecule has 0 fully saturated rings. The van der Waals surface area contributed by atoms with Crippen LogP contribution in [0.25, 0.3) is 0 Å². The van der Waals surface area contributed by atoms with Gasteiger partial charge in [-0.2, -0.15) is 0 Å². The van der Waals surface area contributed by atoms with Gasteiger partial charge in [-0.05, 0) is 23.8 Å². The maximum absolute atomic E-state index is 12.7. The van der Waals surface area contributed by atoms with Crippen LogP contribution < -0.4 is 15.4 Å². The summed E-state index contributed by atoms with van der Waals surface area (Å²) >= 11 is 6.13. The van der Waals surface area contributed by atoms with Crippen LogP contribution in [-0.2, 0) is 20.9 Å². The molecule has 0 saturated heterocycles. The van der Waals surface area contributed by atoms with Crippen LogP contribution in [0.2, 0.25) is 5.02 Å². The van der Waals surface area contributed by atoms with E-state index in [-0.39, 0.29) is 13.0 Å². The van der Waals surface area contributed by atoms with Gasteiger partial charge in [-0.1, -0.05) is 72.3 Å². The van der Waals surface area contributed by atoms with Crippen molar-refractivity contribution in [2.75, 3.05) is 13.7 Å². The first-order valence-corrected chi connectivity index (χ1v) is 11.0. The van der Waals surface area contributed by atoms with Crippen molar-refractivity contribution in [2.45, 2.75) is 19.0 Å². The van der Waals surface area contributed by atoms with Crippen molar-refractivity contribution in [1.29, 1.82) is 0 Å². The number of rotatable bonds is 10. The Kier molecular flexibility index (Phi) is 9.05. The number of hydrogen-bond acceptors (Lipinski definition) is 5. The molecule has 1 atom stereocenters. The van der Waals surface area contributed by atoms with Gasteiger partial charge in [0.25, 0.3) is 11.8 Å². The summed E-state index contributed by atoms with van der Waals surface area (Å²) < 4.78 is 10.4. The van der Waals surface area contributed by atoms with Gasteiger partial charge in [-0.15, -0.1) is 0 Å². The van der Waals surface area contributed by atoms with Gasteiger partial charge in [-0.25, -0.2) is 0 Å². The molecule has 176 valence electrons. The number of esters is 1. The number of methoxy groups -OCH3 is 1. The topological polar surface area (TPSA) is 93.7 Å². The predicted molar refractivity (Wildman–Crippen MR) is 129 cm³/mol. The van der Waals surface area contributed by atoms with E-state index in [0.29, 0.717) is 16.3 Å². The van der Waals surface area contributed by atoms with E-state index in [0.717, 1.165) is 11.1 Å². The first-order valence-electron chi connectivity index (χ1n) is 10.6. The van der Waals surface area contributed by atoms with E-state index in [1.165, 1.54) is 0 Å². The zero-order valence-electron chi connectivity index (χ0n) is 18.6. The molecule has 0 aliphatic carbocycles. The summed E-state index contributed by atoms with van der Waals surface area (Å²) in [4.78, 5) is 37.4. The minimum atomic E-state index is -0.658.